The molecule has 0 saturated heterocycles. The summed E-state index contributed by atoms with van der Waals surface area (Å²) in [6.45, 7) is 7.11. The Morgan fingerprint density at radius 2 is 1.95 bits per heavy atom. The topological polar surface area (TPSA) is 82.0 Å². The third kappa shape index (κ3) is 6.22. The SMILES string of the molecule is CNCCCN(Cc1ccc(O)c(O)c1)C(=O)OC(C)(C)C. The third-order valence-corrected chi connectivity index (χ3v) is 2.92. The van der Waals surface area contributed by atoms with E-state index in [2.05, 4.69) is 5.32 Å². The Morgan fingerprint density at radius 3 is 2.50 bits per heavy atom. The standard InChI is InChI=1S/C16H26N2O4/c1-16(2,3)22-15(21)18(9-5-8-17-4)11-12-6-7-13(19)14(20)10-12/h6-7,10,17,19-20H,5,8-9,11H2,1-4H3. The van der Waals surface area contributed by atoms with E-state index in [1.165, 1.54) is 12.1 Å². The van der Waals surface area contributed by atoms with Gasteiger partial charge in [0, 0.05) is 13.1 Å². The Labute approximate surface area is 131 Å². The number of phenolic OH excluding ortho intramolecular Hbond substituents is 2. The van der Waals surface area contributed by atoms with E-state index in [1.807, 2.05) is 27.8 Å². The van der Waals surface area contributed by atoms with E-state index in [1.54, 1.807) is 11.0 Å². The molecule has 0 atom stereocenters. The molecule has 1 rings (SSSR count). The van der Waals surface area contributed by atoms with Gasteiger partial charge >= 0.3 is 6.09 Å². The molecule has 124 valence electrons. The number of nitrogens with zero attached hydrogens (tertiary/aromatic N) is 1. The smallest absolute Gasteiger partial charge is 0.410 e. The zero-order valence-corrected chi connectivity index (χ0v) is 13.7. The average Bonchev–Trinajstić information content (AvgIpc) is 2.40. The molecule has 0 heterocycles. The number of aromatic hydroxyl groups is 2. The molecule has 0 fully saturated rings. The summed E-state index contributed by atoms with van der Waals surface area (Å²) in [5, 5.41) is 21.9. The van der Waals surface area contributed by atoms with Crippen LogP contribution < -0.4 is 5.32 Å². The minimum atomic E-state index is -0.560. The van der Waals surface area contributed by atoms with Crippen LogP contribution in [0.4, 0.5) is 4.79 Å². The van der Waals surface area contributed by atoms with E-state index in [0.717, 1.165) is 18.5 Å². The maximum atomic E-state index is 12.3. The fraction of sp³-hybridized carbons (Fsp3) is 0.562. The molecule has 0 bridgehead atoms. The predicted molar refractivity (Wildman–Crippen MR) is 85.0 cm³/mol. The van der Waals surface area contributed by atoms with Gasteiger partial charge in [0.2, 0.25) is 0 Å². The van der Waals surface area contributed by atoms with Gasteiger partial charge in [-0.1, -0.05) is 6.07 Å². The van der Waals surface area contributed by atoms with Gasteiger partial charge in [0.25, 0.3) is 0 Å². The third-order valence-electron chi connectivity index (χ3n) is 2.92. The van der Waals surface area contributed by atoms with Gasteiger partial charge in [0.05, 0.1) is 0 Å². The number of phenols is 2. The van der Waals surface area contributed by atoms with E-state index in [4.69, 9.17) is 4.74 Å². The molecule has 6 heteroatoms. The van der Waals surface area contributed by atoms with E-state index in [9.17, 15) is 15.0 Å². The van der Waals surface area contributed by atoms with Gasteiger partial charge < -0.3 is 25.2 Å². The lowest BCUT2D eigenvalue weighted by Crippen LogP contribution is -2.37. The van der Waals surface area contributed by atoms with Crippen LogP contribution in [0.3, 0.4) is 0 Å². The van der Waals surface area contributed by atoms with E-state index >= 15 is 0 Å². The molecule has 0 aliphatic carbocycles. The van der Waals surface area contributed by atoms with Crippen molar-refractivity contribution in [1.29, 1.82) is 0 Å². The molecule has 3 N–H and O–H groups in total. The van der Waals surface area contributed by atoms with Gasteiger partial charge in [-0.05, 0) is 58.5 Å². The molecule has 0 unspecified atom stereocenters. The predicted octanol–water partition coefficient (Wildman–Crippen LogP) is 2.44. The van der Waals surface area contributed by atoms with Gasteiger partial charge in [-0.25, -0.2) is 4.79 Å². The number of hydrogen-bond donors (Lipinski definition) is 3. The number of nitrogens with one attached hydrogen (secondary N) is 1. The van der Waals surface area contributed by atoms with Gasteiger partial charge in [-0.2, -0.15) is 0 Å². The lowest BCUT2D eigenvalue weighted by atomic mass is 10.2. The van der Waals surface area contributed by atoms with Crippen LogP contribution >= 0.6 is 0 Å². The van der Waals surface area contributed by atoms with Gasteiger partial charge in [0.15, 0.2) is 11.5 Å². The van der Waals surface area contributed by atoms with Crippen molar-refractivity contribution in [3.8, 4) is 11.5 Å². The van der Waals surface area contributed by atoms with Crippen molar-refractivity contribution in [2.45, 2.75) is 39.3 Å². The van der Waals surface area contributed by atoms with Gasteiger partial charge in [-0.15, -0.1) is 0 Å². The van der Waals surface area contributed by atoms with Crippen molar-refractivity contribution in [2.75, 3.05) is 20.1 Å². The Kier molecular flexibility index (Phi) is 6.49. The minimum absolute atomic E-state index is 0.178. The molecule has 0 saturated carbocycles. The van der Waals surface area contributed by atoms with Crippen molar-refractivity contribution in [3.05, 3.63) is 23.8 Å². The molecule has 0 aliphatic heterocycles. The maximum Gasteiger partial charge on any atom is 0.410 e. The summed E-state index contributed by atoms with van der Waals surface area (Å²) < 4.78 is 5.41. The number of hydrogen-bond acceptors (Lipinski definition) is 5. The fourth-order valence-electron chi connectivity index (χ4n) is 1.90. The normalized spacial score (nSPS) is 11.3. The molecule has 0 aliphatic rings. The Morgan fingerprint density at radius 1 is 1.27 bits per heavy atom. The minimum Gasteiger partial charge on any atom is -0.504 e. The molecule has 1 aromatic carbocycles. The van der Waals surface area contributed by atoms with Crippen LogP contribution in [0, 0.1) is 0 Å². The number of benzene rings is 1. The van der Waals surface area contributed by atoms with Crippen LogP contribution in [0.1, 0.15) is 32.8 Å². The highest BCUT2D eigenvalue weighted by molar-refractivity contribution is 5.68. The van der Waals surface area contributed by atoms with Crippen LogP contribution in [0.5, 0.6) is 11.5 Å². The average molecular weight is 310 g/mol. The van der Waals surface area contributed by atoms with Gasteiger partial charge in [0.1, 0.15) is 5.60 Å². The lowest BCUT2D eigenvalue weighted by molar-refractivity contribution is 0.0231. The Bertz CT molecular complexity index is 497. The second kappa shape index (κ2) is 7.89. The fourth-order valence-corrected chi connectivity index (χ4v) is 1.90. The van der Waals surface area contributed by atoms with Crippen molar-refractivity contribution in [3.63, 3.8) is 0 Å². The summed E-state index contributed by atoms with van der Waals surface area (Å²) in [5.74, 6) is -0.375. The molecule has 6 nitrogen and oxygen atoms in total. The monoisotopic (exact) mass is 310 g/mol. The van der Waals surface area contributed by atoms with Crippen molar-refractivity contribution in [1.82, 2.24) is 10.2 Å². The van der Waals surface area contributed by atoms with Crippen LogP contribution in [0.15, 0.2) is 18.2 Å². The Balaban J connectivity index is 2.80. The number of carbonyl (C=O) groups excluding carboxylic acids is 1. The largest absolute Gasteiger partial charge is 0.504 e. The molecule has 1 aromatic rings. The van der Waals surface area contributed by atoms with Crippen molar-refractivity contribution >= 4 is 6.09 Å². The highest BCUT2D eigenvalue weighted by atomic mass is 16.6. The summed E-state index contributed by atoms with van der Waals surface area (Å²) >= 11 is 0. The van der Waals surface area contributed by atoms with Crippen molar-refractivity contribution in [2.24, 2.45) is 0 Å². The van der Waals surface area contributed by atoms with Crippen LogP contribution in [-0.2, 0) is 11.3 Å². The van der Waals surface area contributed by atoms with E-state index in [0.29, 0.717) is 13.1 Å². The highest BCUT2D eigenvalue weighted by Gasteiger charge is 2.22. The zero-order valence-electron chi connectivity index (χ0n) is 13.7. The molecular formula is C16H26N2O4. The summed E-state index contributed by atoms with van der Waals surface area (Å²) in [4.78, 5) is 13.9. The second-order valence-electron chi connectivity index (χ2n) is 6.18. The number of ether oxygens (including phenoxy) is 1. The second-order valence-corrected chi connectivity index (χ2v) is 6.18. The zero-order chi connectivity index (χ0) is 16.8. The summed E-state index contributed by atoms with van der Waals surface area (Å²) in [6, 6.07) is 4.53. The summed E-state index contributed by atoms with van der Waals surface area (Å²) in [6.07, 6.45) is 0.399. The number of carbonyl (C=O) groups is 1. The molecule has 0 radical (unpaired) electrons. The summed E-state index contributed by atoms with van der Waals surface area (Å²) in [5.41, 5.74) is 0.167. The number of rotatable bonds is 6. The first-order valence-corrected chi connectivity index (χ1v) is 7.36. The molecule has 0 aromatic heterocycles. The van der Waals surface area contributed by atoms with E-state index in [-0.39, 0.29) is 11.5 Å². The van der Waals surface area contributed by atoms with Crippen LogP contribution in [-0.4, -0.2) is 46.9 Å². The summed E-state index contributed by atoms with van der Waals surface area (Å²) in [7, 11) is 1.86. The van der Waals surface area contributed by atoms with Gasteiger partial charge in [-0.3, -0.25) is 0 Å². The highest BCUT2D eigenvalue weighted by Crippen LogP contribution is 2.25. The first kappa shape index (κ1) is 18.1. The lowest BCUT2D eigenvalue weighted by Gasteiger charge is -2.27. The molecule has 1 amide bonds. The number of amides is 1. The first-order valence-electron chi connectivity index (χ1n) is 7.36. The van der Waals surface area contributed by atoms with E-state index < -0.39 is 11.7 Å². The Hall–Kier alpha value is -1.95. The van der Waals surface area contributed by atoms with Crippen LogP contribution in [0.25, 0.3) is 0 Å². The van der Waals surface area contributed by atoms with Crippen LogP contribution in [0.2, 0.25) is 0 Å². The van der Waals surface area contributed by atoms with Crippen molar-refractivity contribution < 1.29 is 19.7 Å². The maximum absolute atomic E-state index is 12.3. The molecule has 0 spiro atoms. The quantitative estimate of drug-likeness (QED) is 0.555. The molecular weight excluding hydrogens is 284 g/mol. The molecule has 22 heavy (non-hydrogen) atoms. The first-order chi connectivity index (χ1) is 10.2.